The van der Waals surface area contributed by atoms with Gasteiger partial charge in [-0.2, -0.15) is 0 Å². The average Bonchev–Trinajstić information content (AvgIpc) is 3.34. The van der Waals surface area contributed by atoms with E-state index in [4.69, 9.17) is 4.98 Å². The van der Waals surface area contributed by atoms with Gasteiger partial charge in [-0.05, 0) is 69.2 Å². The zero-order valence-electron chi connectivity index (χ0n) is 22.3. The summed E-state index contributed by atoms with van der Waals surface area (Å²) in [6.45, 7) is 19.9. The molecule has 4 aromatic rings. The molecule has 178 valence electrons. The molecule has 0 amide bonds. The van der Waals surface area contributed by atoms with Gasteiger partial charge in [0.05, 0.1) is 16.3 Å². The van der Waals surface area contributed by atoms with Crippen molar-refractivity contribution in [3.8, 4) is 33.0 Å². The maximum atomic E-state index is 5.09. The summed E-state index contributed by atoms with van der Waals surface area (Å²) in [6, 6.07) is 24.4. The quantitative estimate of drug-likeness (QED) is 0.291. The average molecular weight is 470 g/mol. The molecule has 0 aliphatic heterocycles. The van der Waals surface area contributed by atoms with Crippen LogP contribution in [0.5, 0.6) is 0 Å². The minimum atomic E-state index is 0.0818. The van der Waals surface area contributed by atoms with Gasteiger partial charge >= 0.3 is 0 Å². The zero-order chi connectivity index (χ0) is 25.1. The molecule has 0 N–H and O–H groups in total. The third-order valence-corrected chi connectivity index (χ3v) is 6.91. The standard InChI is InChI=1S/C30H33NS.C2H6/c1-20-11-8-9-12-25(20)26-17-22(18-27(31-26)28-13-10-14-32-28)21-15-23(29(2,3)4)19-24(16-21)30(5,6)7;1-2/h8-19H,1-7H3;1-2H3. The van der Waals surface area contributed by atoms with Gasteiger partial charge in [0, 0.05) is 5.56 Å². The first-order valence-electron chi connectivity index (χ1n) is 12.3. The molecule has 2 aromatic heterocycles. The van der Waals surface area contributed by atoms with E-state index in [1.807, 2.05) is 13.8 Å². The molecule has 34 heavy (non-hydrogen) atoms. The molecular weight excluding hydrogens is 430 g/mol. The first kappa shape index (κ1) is 25.9. The molecular formula is C32H39NS. The van der Waals surface area contributed by atoms with E-state index in [1.165, 1.54) is 38.3 Å². The molecule has 0 saturated heterocycles. The highest BCUT2D eigenvalue weighted by Gasteiger charge is 2.21. The Morgan fingerprint density at radius 1 is 0.647 bits per heavy atom. The fourth-order valence-corrected chi connectivity index (χ4v) is 4.59. The van der Waals surface area contributed by atoms with Crippen molar-refractivity contribution in [2.24, 2.45) is 0 Å². The molecule has 0 atom stereocenters. The Bertz CT molecular complexity index is 1200. The summed E-state index contributed by atoms with van der Waals surface area (Å²) in [6.07, 6.45) is 0. The SMILES string of the molecule is CC.Cc1ccccc1-c1cc(-c2cc(C(C)(C)C)cc(C(C)(C)C)c2)cc(-c2cccs2)n1. The monoisotopic (exact) mass is 469 g/mol. The van der Waals surface area contributed by atoms with E-state index in [9.17, 15) is 0 Å². The Kier molecular flexibility index (Phi) is 7.83. The van der Waals surface area contributed by atoms with Crippen LogP contribution >= 0.6 is 11.3 Å². The number of hydrogen-bond donors (Lipinski definition) is 0. The topological polar surface area (TPSA) is 12.9 Å². The molecule has 4 rings (SSSR count). The van der Waals surface area contributed by atoms with Crippen LogP contribution in [0.2, 0.25) is 0 Å². The van der Waals surface area contributed by atoms with E-state index in [0.29, 0.717) is 0 Å². The Morgan fingerprint density at radius 2 is 1.21 bits per heavy atom. The number of rotatable bonds is 3. The predicted molar refractivity (Wildman–Crippen MR) is 152 cm³/mol. The van der Waals surface area contributed by atoms with Crippen LogP contribution in [0.4, 0.5) is 0 Å². The summed E-state index contributed by atoms with van der Waals surface area (Å²) >= 11 is 1.74. The van der Waals surface area contributed by atoms with Gasteiger partial charge in [-0.15, -0.1) is 11.3 Å². The molecule has 0 aliphatic carbocycles. The fourth-order valence-electron chi connectivity index (χ4n) is 3.91. The van der Waals surface area contributed by atoms with Gasteiger partial charge in [0.2, 0.25) is 0 Å². The van der Waals surface area contributed by atoms with E-state index in [0.717, 1.165) is 11.4 Å². The molecule has 2 heteroatoms. The summed E-state index contributed by atoms with van der Waals surface area (Å²) < 4.78 is 0. The summed E-state index contributed by atoms with van der Waals surface area (Å²) in [5.74, 6) is 0. The number of thiophene rings is 1. The van der Waals surface area contributed by atoms with Crippen LogP contribution in [0, 0.1) is 6.92 Å². The molecule has 2 heterocycles. The number of pyridine rings is 1. The second-order valence-electron chi connectivity index (χ2n) is 10.7. The van der Waals surface area contributed by atoms with Crippen LogP contribution in [0.15, 0.2) is 72.1 Å². The van der Waals surface area contributed by atoms with Gasteiger partial charge in [0.15, 0.2) is 0 Å². The van der Waals surface area contributed by atoms with E-state index < -0.39 is 0 Å². The summed E-state index contributed by atoms with van der Waals surface area (Å²) in [5, 5.41) is 2.12. The maximum Gasteiger partial charge on any atom is 0.0815 e. The lowest BCUT2D eigenvalue weighted by molar-refractivity contribution is 0.569. The van der Waals surface area contributed by atoms with E-state index in [-0.39, 0.29) is 10.8 Å². The summed E-state index contributed by atoms with van der Waals surface area (Å²) in [4.78, 5) is 6.28. The molecule has 0 aliphatic rings. The van der Waals surface area contributed by atoms with Crippen molar-refractivity contribution >= 4 is 11.3 Å². The second-order valence-corrected chi connectivity index (χ2v) is 11.7. The lowest BCUT2D eigenvalue weighted by atomic mass is 9.79. The summed E-state index contributed by atoms with van der Waals surface area (Å²) in [5.41, 5.74) is 9.88. The molecule has 0 saturated carbocycles. The molecule has 0 fully saturated rings. The second kappa shape index (κ2) is 10.3. The van der Waals surface area contributed by atoms with Crippen LogP contribution in [0.1, 0.15) is 72.1 Å². The van der Waals surface area contributed by atoms with E-state index >= 15 is 0 Å². The molecule has 0 spiro atoms. The van der Waals surface area contributed by atoms with Crippen molar-refractivity contribution in [1.82, 2.24) is 4.98 Å². The van der Waals surface area contributed by atoms with Crippen molar-refractivity contribution in [2.45, 2.75) is 73.1 Å². The lowest BCUT2D eigenvalue weighted by Crippen LogP contribution is -2.16. The minimum absolute atomic E-state index is 0.0818. The molecule has 0 bridgehead atoms. The number of nitrogens with zero attached hydrogens (tertiary/aromatic N) is 1. The van der Waals surface area contributed by atoms with Crippen molar-refractivity contribution in [1.29, 1.82) is 0 Å². The van der Waals surface area contributed by atoms with Crippen LogP contribution < -0.4 is 0 Å². The minimum Gasteiger partial charge on any atom is -0.247 e. The van der Waals surface area contributed by atoms with Crippen LogP contribution in [0.25, 0.3) is 33.0 Å². The highest BCUT2D eigenvalue weighted by Crippen LogP contribution is 2.37. The maximum absolute atomic E-state index is 5.09. The van der Waals surface area contributed by atoms with Crippen molar-refractivity contribution < 1.29 is 0 Å². The van der Waals surface area contributed by atoms with Crippen LogP contribution in [0.3, 0.4) is 0 Å². The molecule has 1 nitrogen and oxygen atoms in total. The van der Waals surface area contributed by atoms with Gasteiger partial charge in [-0.1, -0.05) is 104 Å². The van der Waals surface area contributed by atoms with Crippen LogP contribution in [-0.4, -0.2) is 4.98 Å². The molecule has 0 radical (unpaired) electrons. The third kappa shape index (κ3) is 5.85. The summed E-state index contributed by atoms with van der Waals surface area (Å²) in [7, 11) is 0. The Morgan fingerprint density at radius 3 is 1.74 bits per heavy atom. The highest BCUT2D eigenvalue weighted by atomic mass is 32.1. The van der Waals surface area contributed by atoms with Gasteiger partial charge in [0.1, 0.15) is 0 Å². The smallest absolute Gasteiger partial charge is 0.0815 e. The van der Waals surface area contributed by atoms with Crippen molar-refractivity contribution in [2.75, 3.05) is 0 Å². The Hall–Kier alpha value is -2.71. The molecule has 0 unspecified atom stereocenters. The Labute approximate surface area is 210 Å². The fraction of sp³-hybridized carbons (Fsp3) is 0.344. The predicted octanol–water partition coefficient (Wildman–Crippen LogP) is 10.1. The highest BCUT2D eigenvalue weighted by molar-refractivity contribution is 7.13. The zero-order valence-corrected chi connectivity index (χ0v) is 23.1. The van der Waals surface area contributed by atoms with E-state index in [2.05, 4.69) is 121 Å². The molecule has 2 aromatic carbocycles. The number of benzene rings is 2. The van der Waals surface area contributed by atoms with Crippen LogP contribution in [-0.2, 0) is 10.8 Å². The van der Waals surface area contributed by atoms with E-state index in [1.54, 1.807) is 11.3 Å². The van der Waals surface area contributed by atoms with Gasteiger partial charge in [0.25, 0.3) is 0 Å². The number of aromatic nitrogens is 1. The Balaban J connectivity index is 0.00000158. The number of hydrogen-bond acceptors (Lipinski definition) is 2. The first-order chi connectivity index (χ1) is 16.0. The van der Waals surface area contributed by atoms with Gasteiger partial charge in [-0.3, -0.25) is 0 Å². The first-order valence-corrected chi connectivity index (χ1v) is 13.2. The normalized spacial score (nSPS) is 11.7. The van der Waals surface area contributed by atoms with Crippen molar-refractivity contribution in [3.63, 3.8) is 0 Å². The number of aryl methyl sites for hydroxylation is 1. The van der Waals surface area contributed by atoms with Crippen molar-refractivity contribution in [3.05, 3.63) is 88.8 Å². The van der Waals surface area contributed by atoms with Gasteiger partial charge < -0.3 is 0 Å². The largest absolute Gasteiger partial charge is 0.247 e. The van der Waals surface area contributed by atoms with Gasteiger partial charge in [-0.25, -0.2) is 4.98 Å². The third-order valence-electron chi connectivity index (χ3n) is 6.02. The lowest BCUT2D eigenvalue weighted by Gasteiger charge is -2.26.